The van der Waals surface area contributed by atoms with Gasteiger partial charge in [-0.2, -0.15) is 0 Å². The Morgan fingerprint density at radius 1 is 0.800 bits per heavy atom. The van der Waals surface area contributed by atoms with Crippen LogP contribution >= 0.6 is 12.4 Å². The molecule has 3 aromatic rings. The Bertz CT molecular complexity index is 966. The quantitative estimate of drug-likeness (QED) is 0.503. The molecular weight excluding hydrogens is 392 g/mol. The van der Waals surface area contributed by atoms with Crippen molar-refractivity contribution in [1.29, 1.82) is 0 Å². The molecule has 0 aliphatic carbocycles. The number of carbonyl (C=O) groups is 1. The fraction of sp³-hybridized carbons (Fsp3) is 0.269. The van der Waals surface area contributed by atoms with Crippen LogP contribution < -0.4 is 4.90 Å². The van der Waals surface area contributed by atoms with Gasteiger partial charge in [0.2, 0.25) is 0 Å². The molecule has 3 aromatic carbocycles. The standard InChI is InChI=1S/C26H28N2O.ClH/c1-3-27(4-2)19-22-13-5-8-14-23(22)26(29)28-24-15-9-6-11-20(24)17-18-21-12-7-10-16-25(21)28;/h5-16H,3-4,17-19H2,1-2H3;1H. The van der Waals surface area contributed by atoms with Crippen LogP contribution in [-0.2, 0) is 19.4 Å². The average Bonchev–Trinajstić information content (AvgIpc) is 2.94. The Morgan fingerprint density at radius 2 is 1.30 bits per heavy atom. The van der Waals surface area contributed by atoms with Crippen molar-refractivity contribution in [2.24, 2.45) is 0 Å². The van der Waals surface area contributed by atoms with Gasteiger partial charge in [0.05, 0.1) is 11.4 Å². The Hall–Kier alpha value is -2.62. The van der Waals surface area contributed by atoms with Crippen LogP contribution in [0.5, 0.6) is 0 Å². The number of rotatable bonds is 5. The van der Waals surface area contributed by atoms with Crippen LogP contribution in [0, 0.1) is 0 Å². The molecule has 30 heavy (non-hydrogen) atoms. The largest absolute Gasteiger partial charge is 0.300 e. The normalized spacial score (nSPS) is 12.6. The molecule has 0 fully saturated rings. The third kappa shape index (κ3) is 4.28. The number of hydrogen-bond acceptors (Lipinski definition) is 2. The first-order valence-corrected chi connectivity index (χ1v) is 10.5. The van der Waals surface area contributed by atoms with Crippen molar-refractivity contribution in [3.05, 3.63) is 95.1 Å². The summed E-state index contributed by atoms with van der Waals surface area (Å²) in [6.45, 7) is 7.04. The summed E-state index contributed by atoms with van der Waals surface area (Å²) < 4.78 is 0. The van der Waals surface area contributed by atoms with E-state index in [0.29, 0.717) is 0 Å². The van der Waals surface area contributed by atoms with Crippen LogP contribution in [0.4, 0.5) is 11.4 Å². The average molecular weight is 421 g/mol. The number of anilines is 2. The van der Waals surface area contributed by atoms with E-state index in [4.69, 9.17) is 0 Å². The summed E-state index contributed by atoms with van der Waals surface area (Å²) in [5, 5.41) is 0. The molecule has 1 heterocycles. The van der Waals surface area contributed by atoms with Crippen LogP contribution in [0.3, 0.4) is 0 Å². The first kappa shape index (κ1) is 22.1. The maximum Gasteiger partial charge on any atom is 0.263 e. The van der Waals surface area contributed by atoms with Gasteiger partial charge in [-0.25, -0.2) is 0 Å². The molecule has 4 rings (SSSR count). The molecule has 0 bridgehead atoms. The fourth-order valence-corrected chi connectivity index (χ4v) is 4.17. The van der Waals surface area contributed by atoms with Crippen LogP contribution in [-0.4, -0.2) is 23.9 Å². The van der Waals surface area contributed by atoms with Gasteiger partial charge in [-0.1, -0.05) is 68.4 Å². The van der Waals surface area contributed by atoms with Crippen molar-refractivity contribution in [3.63, 3.8) is 0 Å². The zero-order chi connectivity index (χ0) is 20.2. The molecular formula is C26H29ClN2O. The molecule has 3 nitrogen and oxygen atoms in total. The summed E-state index contributed by atoms with van der Waals surface area (Å²) in [4.78, 5) is 18.2. The zero-order valence-electron chi connectivity index (χ0n) is 17.7. The van der Waals surface area contributed by atoms with Crippen molar-refractivity contribution in [2.45, 2.75) is 33.2 Å². The van der Waals surface area contributed by atoms with Crippen molar-refractivity contribution < 1.29 is 4.79 Å². The fourth-order valence-electron chi connectivity index (χ4n) is 4.17. The van der Waals surface area contributed by atoms with Gasteiger partial charge in [-0.15, -0.1) is 12.4 Å². The maximum atomic E-state index is 14.0. The van der Waals surface area contributed by atoms with E-state index in [2.05, 4.69) is 61.2 Å². The van der Waals surface area contributed by atoms with E-state index in [1.54, 1.807) is 0 Å². The van der Waals surface area contributed by atoms with E-state index in [1.165, 1.54) is 11.1 Å². The highest BCUT2D eigenvalue weighted by atomic mass is 35.5. The van der Waals surface area contributed by atoms with Crippen LogP contribution in [0.2, 0.25) is 0 Å². The van der Waals surface area contributed by atoms with Gasteiger partial charge in [0.25, 0.3) is 5.91 Å². The highest BCUT2D eigenvalue weighted by Crippen LogP contribution is 2.37. The number of amides is 1. The number of benzene rings is 3. The smallest absolute Gasteiger partial charge is 0.263 e. The van der Waals surface area contributed by atoms with Gasteiger partial charge in [0.15, 0.2) is 0 Å². The van der Waals surface area contributed by atoms with Gasteiger partial charge in [0.1, 0.15) is 0 Å². The summed E-state index contributed by atoms with van der Waals surface area (Å²) >= 11 is 0. The lowest BCUT2D eigenvalue weighted by molar-refractivity contribution is 0.0997. The SMILES string of the molecule is CCN(CC)Cc1ccccc1C(=O)N1c2ccccc2CCc2ccccc21.Cl. The lowest BCUT2D eigenvalue weighted by atomic mass is 10.0. The topological polar surface area (TPSA) is 23.6 Å². The molecule has 0 unspecified atom stereocenters. The van der Waals surface area contributed by atoms with Gasteiger partial charge >= 0.3 is 0 Å². The first-order chi connectivity index (χ1) is 14.2. The Kier molecular flexibility index (Phi) is 7.30. The second-order valence-corrected chi connectivity index (χ2v) is 7.52. The molecule has 0 spiro atoms. The second-order valence-electron chi connectivity index (χ2n) is 7.52. The molecule has 0 N–H and O–H groups in total. The molecule has 0 atom stereocenters. The number of aryl methyl sites for hydroxylation is 2. The maximum absolute atomic E-state index is 14.0. The first-order valence-electron chi connectivity index (χ1n) is 10.5. The monoisotopic (exact) mass is 420 g/mol. The van der Waals surface area contributed by atoms with E-state index in [0.717, 1.165) is 55.0 Å². The molecule has 1 aliphatic rings. The molecule has 4 heteroatoms. The predicted octanol–water partition coefficient (Wildman–Crippen LogP) is 6.03. The second kappa shape index (κ2) is 9.92. The number of halogens is 1. The number of nitrogens with zero attached hydrogens (tertiary/aromatic N) is 2. The number of hydrogen-bond donors (Lipinski definition) is 0. The van der Waals surface area contributed by atoms with E-state index < -0.39 is 0 Å². The lowest BCUT2D eigenvalue weighted by Gasteiger charge is -2.27. The minimum atomic E-state index is 0. The predicted molar refractivity (Wildman–Crippen MR) is 127 cm³/mol. The van der Waals surface area contributed by atoms with Crippen molar-refractivity contribution >= 4 is 29.7 Å². The molecule has 156 valence electrons. The van der Waals surface area contributed by atoms with E-state index in [-0.39, 0.29) is 18.3 Å². The van der Waals surface area contributed by atoms with Gasteiger partial charge in [-0.3, -0.25) is 14.6 Å². The third-order valence-electron chi connectivity index (χ3n) is 5.87. The van der Waals surface area contributed by atoms with Crippen molar-refractivity contribution in [1.82, 2.24) is 4.90 Å². The molecule has 0 aromatic heterocycles. The van der Waals surface area contributed by atoms with E-state index >= 15 is 0 Å². The third-order valence-corrected chi connectivity index (χ3v) is 5.87. The summed E-state index contributed by atoms with van der Waals surface area (Å²) in [5.41, 5.74) is 6.31. The van der Waals surface area contributed by atoms with E-state index in [1.807, 2.05) is 35.2 Å². The van der Waals surface area contributed by atoms with Crippen LogP contribution in [0.25, 0.3) is 0 Å². The van der Waals surface area contributed by atoms with Crippen molar-refractivity contribution in [3.8, 4) is 0 Å². The summed E-state index contributed by atoms with van der Waals surface area (Å²) in [5.74, 6) is 0.0505. The van der Waals surface area contributed by atoms with Gasteiger partial charge in [-0.05, 0) is 60.8 Å². The minimum Gasteiger partial charge on any atom is -0.300 e. The van der Waals surface area contributed by atoms with Gasteiger partial charge < -0.3 is 0 Å². The summed E-state index contributed by atoms with van der Waals surface area (Å²) in [7, 11) is 0. The zero-order valence-corrected chi connectivity index (χ0v) is 18.5. The highest BCUT2D eigenvalue weighted by Gasteiger charge is 2.27. The number of fused-ring (bicyclic) bond motifs is 2. The number of carbonyl (C=O) groups excluding carboxylic acids is 1. The Balaban J connectivity index is 0.00000256. The lowest BCUT2D eigenvalue weighted by Crippen LogP contribution is -2.29. The summed E-state index contributed by atoms with van der Waals surface area (Å²) in [6, 6.07) is 24.6. The van der Waals surface area contributed by atoms with Crippen molar-refractivity contribution in [2.75, 3.05) is 18.0 Å². The molecule has 0 radical (unpaired) electrons. The molecule has 0 saturated heterocycles. The number of para-hydroxylation sites is 2. The van der Waals surface area contributed by atoms with Gasteiger partial charge in [0, 0.05) is 12.1 Å². The minimum absolute atomic E-state index is 0. The summed E-state index contributed by atoms with van der Waals surface area (Å²) in [6.07, 6.45) is 1.89. The molecule has 1 aliphatic heterocycles. The van der Waals surface area contributed by atoms with Crippen LogP contribution in [0.15, 0.2) is 72.8 Å². The van der Waals surface area contributed by atoms with Crippen LogP contribution in [0.1, 0.15) is 40.9 Å². The Labute approximate surface area is 185 Å². The molecule has 1 amide bonds. The van der Waals surface area contributed by atoms with E-state index in [9.17, 15) is 4.79 Å². The molecule has 0 saturated carbocycles. The highest BCUT2D eigenvalue weighted by molar-refractivity contribution is 6.12. The Morgan fingerprint density at radius 3 is 1.87 bits per heavy atom.